The number of alkyl halides is 3. The van der Waals surface area contributed by atoms with Crippen LogP contribution in [-0.2, 0) is 4.74 Å². The van der Waals surface area contributed by atoms with E-state index in [9.17, 15) is 13.2 Å². The molecule has 0 aliphatic heterocycles. The van der Waals surface area contributed by atoms with Crippen LogP contribution in [0.1, 0.15) is 36.3 Å². The third-order valence-corrected chi connectivity index (χ3v) is 3.62. The van der Waals surface area contributed by atoms with Gasteiger partial charge in [0.2, 0.25) is 0 Å². The molecule has 0 radical (unpaired) electrons. The van der Waals surface area contributed by atoms with Crippen LogP contribution in [0.4, 0.5) is 13.2 Å². The fourth-order valence-corrected chi connectivity index (χ4v) is 2.32. The van der Waals surface area contributed by atoms with Gasteiger partial charge >= 0.3 is 6.18 Å². The number of benzene rings is 1. The Morgan fingerprint density at radius 2 is 2.10 bits per heavy atom. The van der Waals surface area contributed by atoms with E-state index in [4.69, 9.17) is 4.74 Å². The lowest BCUT2D eigenvalue weighted by Crippen LogP contribution is -2.25. The van der Waals surface area contributed by atoms with Crippen molar-refractivity contribution in [2.24, 2.45) is 0 Å². The minimum Gasteiger partial charge on any atom is -0.372 e. The van der Waals surface area contributed by atoms with E-state index < -0.39 is 12.8 Å². The number of aryl methyl sites for hydroxylation is 1. The minimum absolute atomic E-state index is 0.129. The van der Waals surface area contributed by atoms with E-state index in [1.165, 1.54) is 24.0 Å². The highest BCUT2D eigenvalue weighted by atomic mass is 19.4. The molecule has 0 aromatic heterocycles. The standard InChI is InChI=1S/C16H22F3NO/c1-12-3-2-4-13(9-12)14(10-20-15-5-6-15)7-8-21-11-16(17,18)19/h2-4,9,14-15,20H,5-8,10-11H2,1H3. The van der Waals surface area contributed by atoms with E-state index in [1.54, 1.807) is 0 Å². The maximum atomic E-state index is 12.1. The third kappa shape index (κ3) is 6.48. The van der Waals surface area contributed by atoms with Gasteiger partial charge < -0.3 is 10.1 Å². The summed E-state index contributed by atoms with van der Waals surface area (Å²) in [5, 5.41) is 3.45. The lowest BCUT2D eigenvalue weighted by atomic mass is 9.94. The molecule has 1 aliphatic rings. The van der Waals surface area contributed by atoms with Gasteiger partial charge in [-0.15, -0.1) is 0 Å². The van der Waals surface area contributed by atoms with Gasteiger partial charge in [0.05, 0.1) is 0 Å². The summed E-state index contributed by atoms with van der Waals surface area (Å²) in [4.78, 5) is 0. The van der Waals surface area contributed by atoms with Crippen molar-refractivity contribution < 1.29 is 17.9 Å². The quantitative estimate of drug-likeness (QED) is 0.737. The lowest BCUT2D eigenvalue weighted by Gasteiger charge is -2.19. The zero-order valence-electron chi connectivity index (χ0n) is 12.2. The summed E-state index contributed by atoms with van der Waals surface area (Å²) in [6.45, 7) is 1.78. The summed E-state index contributed by atoms with van der Waals surface area (Å²) >= 11 is 0. The highest BCUT2D eigenvalue weighted by Crippen LogP contribution is 2.24. The zero-order chi connectivity index (χ0) is 15.3. The number of hydrogen-bond donors (Lipinski definition) is 1. The molecule has 1 unspecified atom stereocenters. The fraction of sp³-hybridized carbons (Fsp3) is 0.625. The average molecular weight is 301 g/mol. The average Bonchev–Trinajstić information content (AvgIpc) is 3.20. The van der Waals surface area contributed by atoms with Crippen LogP contribution in [0.3, 0.4) is 0 Å². The summed E-state index contributed by atoms with van der Waals surface area (Å²) in [5.74, 6) is 0.193. The molecular formula is C16H22F3NO. The predicted molar refractivity (Wildman–Crippen MR) is 76.4 cm³/mol. The Kier molecular flexibility index (Phi) is 5.65. The number of hydrogen-bond acceptors (Lipinski definition) is 2. The Hall–Kier alpha value is -1.07. The van der Waals surface area contributed by atoms with Crippen molar-refractivity contribution in [2.45, 2.75) is 44.3 Å². The molecule has 0 saturated heterocycles. The predicted octanol–water partition coefficient (Wildman–Crippen LogP) is 3.80. The maximum Gasteiger partial charge on any atom is 0.411 e. The highest BCUT2D eigenvalue weighted by Gasteiger charge is 2.27. The van der Waals surface area contributed by atoms with Gasteiger partial charge in [-0.2, -0.15) is 13.2 Å². The number of rotatable bonds is 8. The van der Waals surface area contributed by atoms with E-state index >= 15 is 0 Å². The SMILES string of the molecule is Cc1cccc(C(CCOCC(F)(F)F)CNC2CC2)c1. The van der Waals surface area contributed by atoms with Crippen LogP contribution in [0.5, 0.6) is 0 Å². The molecule has 2 nitrogen and oxygen atoms in total. The monoisotopic (exact) mass is 301 g/mol. The molecule has 5 heteroatoms. The Morgan fingerprint density at radius 3 is 2.71 bits per heavy atom. The van der Waals surface area contributed by atoms with E-state index in [1.807, 2.05) is 25.1 Å². The molecule has 1 N–H and O–H groups in total. The van der Waals surface area contributed by atoms with Gasteiger partial charge in [-0.1, -0.05) is 29.8 Å². The van der Waals surface area contributed by atoms with Crippen LogP contribution < -0.4 is 5.32 Å². The molecule has 1 aromatic carbocycles. The van der Waals surface area contributed by atoms with Gasteiger partial charge in [0.25, 0.3) is 0 Å². The second kappa shape index (κ2) is 7.27. The van der Waals surface area contributed by atoms with Crippen molar-refractivity contribution in [1.29, 1.82) is 0 Å². The summed E-state index contributed by atoms with van der Waals surface area (Å²) in [6.07, 6.45) is -1.25. The van der Waals surface area contributed by atoms with Crippen LogP contribution in [0, 0.1) is 6.92 Å². The number of halogens is 3. The number of ether oxygens (including phenoxy) is 1. The molecular weight excluding hydrogens is 279 g/mol. The minimum atomic E-state index is -4.24. The third-order valence-electron chi connectivity index (χ3n) is 3.62. The molecule has 1 atom stereocenters. The first-order valence-electron chi connectivity index (χ1n) is 7.38. The molecule has 1 fully saturated rings. The van der Waals surface area contributed by atoms with Gasteiger partial charge in [0, 0.05) is 19.2 Å². The highest BCUT2D eigenvalue weighted by molar-refractivity contribution is 5.25. The summed E-state index contributed by atoms with van der Waals surface area (Å²) in [7, 11) is 0. The first-order valence-corrected chi connectivity index (χ1v) is 7.38. The Morgan fingerprint density at radius 1 is 1.33 bits per heavy atom. The first-order chi connectivity index (χ1) is 9.94. The summed E-state index contributed by atoms with van der Waals surface area (Å²) in [5.41, 5.74) is 2.33. The topological polar surface area (TPSA) is 21.3 Å². The van der Waals surface area contributed by atoms with Crippen LogP contribution in [0.15, 0.2) is 24.3 Å². The maximum absolute atomic E-state index is 12.1. The molecule has 2 rings (SSSR count). The summed E-state index contributed by atoms with van der Waals surface area (Å²) < 4.78 is 41.0. The van der Waals surface area contributed by atoms with Crippen molar-refractivity contribution in [2.75, 3.05) is 19.8 Å². The first kappa shape index (κ1) is 16.3. The molecule has 21 heavy (non-hydrogen) atoms. The molecule has 118 valence electrons. The van der Waals surface area contributed by atoms with Gasteiger partial charge in [0.15, 0.2) is 0 Å². The Bertz CT molecular complexity index is 443. The second-order valence-corrected chi connectivity index (χ2v) is 5.75. The van der Waals surface area contributed by atoms with E-state index in [0.29, 0.717) is 12.5 Å². The molecule has 0 heterocycles. The molecule has 0 amide bonds. The fourth-order valence-electron chi connectivity index (χ4n) is 2.32. The normalized spacial score (nSPS) is 17.0. The van der Waals surface area contributed by atoms with E-state index in [2.05, 4.69) is 11.4 Å². The van der Waals surface area contributed by atoms with E-state index in [-0.39, 0.29) is 12.5 Å². The largest absolute Gasteiger partial charge is 0.411 e. The van der Waals surface area contributed by atoms with Crippen LogP contribution in [0.25, 0.3) is 0 Å². The van der Waals surface area contributed by atoms with Crippen molar-refractivity contribution in [3.05, 3.63) is 35.4 Å². The van der Waals surface area contributed by atoms with Crippen molar-refractivity contribution in [1.82, 2.24) is 5.32 Å². The van der Waals surface area contributed by atoms with Crippen LogP contribution in [0.2, 0.25) is 0 Å². The van der Waals surface area contributed by atoms with Crippen LogP contribution in [-0.4, -0.2) is 32.0 Å². The second-order valence-electron chi connectivity index (χ2n) is 5.75. The zero-order valence-corrected chi connectivity index (χ0v) is 12.2. The Labute approximate surface area is 123 Å². The molecule has 0 spiro atoms. The lowest BCUT2D eigenvalue weighted by molar-refractivity contribution is -0.174. The van der Waals surface area contributed by atoms with Crippen molar-refractivity contribution in [3.63, 3.8) is 0 Å². The molecule has 1 saturated carbocycles. The molecule has 1 aliphatic carbocycles. The van der Waals surface area contributed by atoms with Crippen molar-refractivity contribution >= 4 is 0 Å². The Balaban J connectivity index is 1.85. The summed E-state index contributed by atoms with van der Waals surface area (Å²) in [6, 6.07) is 8.74. The molecule has 0 bridgehead atoms. The van der Waals surface area contributed by atoms with Gasteiger partial charge in [-0.3, -0.25) is 0 Å². The van der Waals surface area contributed by atoms with E-state index in [0.717, 1.165) is 6.54 Å². The van der Waals surface area contributed by atoms with Gasteiger partial charge in [-0.05, 0) is 37.7 Å². The smallest absolute Gasteiger partial charge is 0.372 e. The van der Waals surface area contributed by atoms with Gasteiger partial charge in [0.1, 0.15) is 6.61 Å². The van der Waals surface area contributed by atoms with Crippen LogP contribution >= 0.6 is 0 Å². The van der Waals surface area contributed by atoms with Gasteiger partial charge in [-0.25, -0.2) is 0 Å². The number of nitrogens with one attached hydrogen (secondary N) is 1. The van der Waals surface area contributed by atoms with Crippen molar-refractivity contribution in [3.8, 4) is 0 Å². The molecule has 1 aromatic rings.